The number of carbonyl (C=O) groups excluding carboxylic acids is 2. The lowest BCUT2D eigenvalue weighted by Crippen LogP contribution is -2.44. The number of amides is 2. The Balaban J connectivity index is 1.69. The minimum atomic E-state index is -0.178. The Kier molecular flexibility index (Phi) is 5.36. The third-order valence-corrected chi connectivity index (χ3v) is 6.20. The van der Waals surface area contributed by atoms with Gasteiger partial charge in [-0.1, -0.05) is 38.3 Å². The number of nitrogens with one attached hydrogen (secondary N) is 1. The molecule has 148 valence electrons. The van der Waals surface area contributed by atoms with Gasteiger partial charge in [0.1, 0.15) is 0 Å². The molecule has 1 saturated carbocycles. The van der Waals surface area contributed by atoms with Crippen molar-refractivity contribution in [3.05, 3.63) is 41.5 Å². The van der Waals surface area contributed by atoms with Gasteiger partial charge in [-0.05, 0) is 44.6 Å². The molecule has 0 saturated heterocycles. The lowest BCUT2D eigenvalue weighted by molar-refractivity contribution is 0.0598. The first-order chi connectivity index (χ1) is 13.6. The standard InChI is InChI=1S/C23H29N3O2/c1-3-25(2)14-15-26-22(27)18-11-7-10-17-20(24-16-8-5-4-6-9-16)13-12-19(21(17)18)23(26)28/h7,10-13,16,24H,3-6,8-9,14-15H2,1-2H3. The van der Waals surface area contributed by atoms with Crippen molar-refractivity contribution in [1.82, 2.24) is 9.80 Å². The number of nitrogens with zero attached hydrogens (tertiary/aromatic N) is 2. The number of rotatable bonds is 6. The third-order valence-electron chi connectivity index (χ3n) is 6.20. The molecule has 2 amide bonds. The van der Waals surface area contributed by atoms with Gasteiger partial charge in [0.2, 0.25) is 0 Å². The Morgan fingerprint density at radius 1 is 1.04 bits per heavy atom. The van der Waals surface area contributed by atoms with Crippen LogP contribution in [0.3, 0.4) is 0 Å². The van der Waals surface area contributed by atoms with E-state index in [9.17, 15) is 9.59 Å². The van der Waals surface area contributed by atoms with Crippen LogP contribution in [0.25, 0.3) is 10.8 Å². The van der Waals surface area contributed by atoms with Gasteiger partial charge in [-0.2, -0.15) is 0 Å². The first-order valence-electron chi connectivity index (χ1n) is 10.5. The SMILES string of the molecule is CCN(C)CCN1C(=O)c2cccc3c(NC4CCCCC4)ccc(c23)C1=O. The number of hydrogen-bond acceptors (Lipinski definition) is 4. The molecule has 0 spiro atoms. The summed E-state index contributed by atoms with van der Waals surface area (Å²) in [5.41, 5.74) is 2.31. The zero-order chi connectivity index (χ0) is 19.7. The van der Waals surface area contributed by atoms with Gasteiger partial charge in [0.15, 0.2) is 0 Å². The van der Waals surface area contributed by atoms with Crippen LogP contribution in [-0.2, 0) is 0 Å². The van der Waals surface area contributed by atoms with E-state index in [1.165, 1.54) is 37.0 Å². The van der Waals surface area contributed by atoms with Crippen LogP contribution in [0, 0.1) is 0 Å². The second-order valence-electron chi connectivity index (χ2n) is 8.03. The van der Waals surface area contributed by atoms with Crippen LogP contribution in [0.15, 0.2) is 30.3 Å². The van der Waals surface area contributed by atoms with Gasteiger partial charge in [-0.3, -0.25) is 14.5 Å². The highest BCUT2D eigenvalue weighted by Crippen LogP contribution is 2.35. The summed E-state index contributed by atoms with van der Waals surface area (Å²) in [6.07, 6.45) is 6.20. The molecular weight excluding hydrogens is 350 g/mol. The number of imide groups is 1. The van der Waals surface area contributed by atoms with E-state index in [-0.39, 0.29) is 11.8 Å². The Morgan fingerprint density at radius 3 is 2.46 bits per heavy atom. The predicted molar refractivity (Wildman–Crippen MR) is 113 cm³/mol. The molecule has 1 aliphatic carbocycles. The summed E-state index contributed by atoms with van der Waals surface area (Å²) in [5.74, 6) is -0.357. The lowest BCUT2D eigenvalue weighted by atomic mass is 9.91. The second kappa shape index (κ2) is 7.92. The summed E-state index contributed by atoms with van der Waals surface area (Å²) < 4.78 is 0. The number of hydrogen-bond donors (Lipinski definition) is 1. The summed E-state index contributed by atoms with van der Waals surface area (Å²) >= 11 is 0. The maximum Gasteiger partial charge on any atom is 0.261 e. The van der Waals surface area contributed by atoms with Crippen LogP contribution < -0.4 is 5.32 Å². The number of likely N-dealkylation sites (N-methyl/N-ethyl adjacent to an activating group) is 1. The largest absolute Gasteiger partial charge is 0.382 e. The molecule has 0 radical (unpaired) electrons. The highest BCUT2D eigenvalue weighted by atomic mass is 16.2. The molecule has 0 atom stereocenters. The Morgan fingerprint density at radius 2 is 1.75 bits per heavy atom. The molecule has 5 nitrogen and oxygen atoms in total. The monoisotopic (exact) mass is 379 g/mol. The van der Waals surface area contributed by atoms with E-state index in [1.54, 1.807) is 0 Å². The van der Waals surface area contributed by atoms with Crippen LogP contribution in [0.1, 0.15) is 59.7 Å². The van der Waals surface area contributed by atoms with Crippen molar-refractivity contribution in [2.24, 2.45) is 0 Å². The third kappa shape index (κ3) is 3.39. The fourth-order valence-electron chi connectivity index (χ4n) is 4.37. The smallest absolute Gasteiger partial charge is 0.261 e. The van der Waals surface area contributed by atoms with E-state index in [1.807, 2.05) is 37.4 Å². The molecule has 5 heteroatoms. The average molecular weight is 380 g/mol. The second-order valence-corrected chi connectivity index (χ2v) is 8.03. The molecule has 4 rings (SSSR count). The Bertz CT molecular complexity index is 880. The van der Waals surface area contributed by atoms with Crippen molar-refractivity contribution in [1.29, 1.82) is 0 Å². The highest BCUT2D eigenvalue weighted by Gasteiger charge is 2.33. The summed E-state index contributed by atoms with van der Waals surface area (Å²) in [5, 5.41) is 5.46. The molecule has 1 fully saturated rings. The zero-order valence-electron chi connectivity index (χ0n) is 16.8. The molecular formula is C23H29N3O2. The molecule has 2 aliphatic rings. The van der Waals surface area contributed by atoms with Gasteiger partial charge < -0.3 is 10.2 Å². The molecule has 0 unspecified atom stereocenters. The van der Waals surface area contributed by atoms with E-state index < -0.39 is 0 Å². The van der Waals surface area contributed by atoms with Gasteiger partial charge in [0, 0.05) is 46.7 Å². The van der Waals surface area contributed by atoms with Gasteiger partial charge in [-0.25, -0.2) is 0 Å². The topological polar surface area (TPSA) is 52.6 Å². The van der Waals surface area contributed by atoms with Crippen LogP contribution >= 0.6 is 0 Å². The fraction of sp³-hybridized carbons (Fsp3) is 0.478. The summed E-state index contributed by atoms with van der Waals surface area (Å²) in [7, 11) is 2.00. The molecule has 1 N–H and O–H groups in total. The lowest BCUT2D eigenvalue weighted by Gasteiger charge is -2.30. The first kappa shape index (κ1) is 18.9. The van der Waals surface area contributed by atoms with Gasteiger partial charge in [0.25, 0.3) is 11.8 Å². The number of anilines is 1. The minimum Gasteiger partial charge on any atom is -0.382 e. The maximum atomic E-state index is 13.1. The molecule has 1 aliphatic heterocycles. The normalized spacial score (nSPS) is 17.6. The Labute approximate surface area is 166 Å². The van der Waals surface area contributed by atoms with Gasteiger partial charge in [0.05, 0.1) is 0 Å². The summed E-state index contributed by atoms with van der Waals surface area (Å²) in [6.45, 7) is 4.05. The van der Waals surface area contributed by atoms with E-state index in [4.69, 9.17) is 0 Å². The fourth-order valence-corrected chi connectivity index (χ4v) is 4.37. The average Bonchev–Trinajstić information content (AvgIpc) is 2.73. The van der Waals surface area contributed by atoms with Gasteiger partial charge >= 0.3 is 0 Å². The van der Waals surface area contributed by atoms with Crippen LogP contribution in [0.4, 0.5) is 5.69 Å². The molecule has 0 aromatic heterocycles. The number of carbonyl (C=O) groups is 2. The van der Waals surface area contributed by atoms with E-state index >= 15 is 0 Å². The molecule has 2 aromatic rings. The molecule has 2 aromatic carbocycles. The predicted octanol–water partition coefficient (Wildman–Crippen LogP) is 4.13. The van der Waals surface area contributed by atoms with Crippen LogP contribution in [0.2, 0.25) is 0 Å². The van der Waals surface area contributed by atoms with Gasteiger partial charge in [-0.15, -0.1) is 0 Å². The van der Waals surface area contributed by atoms with E-state index in [0.29, 0.717) is 30.3 Å². The molecule has 0 bridgehead atoms. The van der Waals surface area contributed by atoms with E-state index in [0.717, 1.165) is 23.0 Å². The van der Waals surface area contributed by atoms with Crippen LogP contribution in [-0.4, -0.2) is 54.3 Å². The van der Waals surface area contributed by atoms with Crippen molar-refractivity contribution < 1.29 is 9.59 Å². The van der Waals surface area contributed by atoms with Crippen molar-refractivity contribution in [2.75, 3.05) is 32.0 Å². The van der Waals surface area contributed by atoms with Crippen molar-refractivity contribution >= 4 is 28.3 Å². The summed E-state index contributed by atoms with van der Waals surface area (Å²) in [6, 6.07) is 10.2. The summed E-state index contributed by atoms with van der Waals surface area (Å²) in [4.78, 5) is 29.7. The number of benzene rings is 2. The van der Waals surface area contributed by atoms with E-state index in [2.05, 4.69) is 17.1 Å². The zero-order valence-corrected chi connectivity index (χ0v) is 16.8. The van der Waals surface area contributed by atoms with Crippen molar-refractivity contribution in [3.63, 3.8) is 0 Å². The Hall–Kier alpha value is -2.40. The molecule has 28 heavy (non-hydrogen) atoms. The maximum absolute atomic E-state index is 13.1. The quantitative estimate of drug-likeness (QED) is 0.767. The van der Waals surface area contributed by atoms with Crippen molar-refractivity contribution in [3.8, 4) is 0 Å². The highest BCUT2D eigenvalue weighted by molar-refractivity contribution is 6.26. The van der Waals surface area contributed by atoms with Crippen LogP contribution in [0.5, 0.6) is 0 Å². The first-order valence-corrected chi connectivity index (χ1v) is 10.5. The van der Waals surface area contributed by atoms with Crippen molar-refractivity contribution in [2.45, 2.75) is 45.1 Å². The molecule has 1 heterocycles. The minimum absolute atomic E-state index is 0.178.